The van der Waals surface area contributed by atoms with Gasteiger partial charge in [-0.15, -0.1) is 0 Å². The van der Waals surface area contributed by atoms with E-state index >= 15 is 0 Å². The summed E-state index contributed by atoms with van der Waals surface area (Å²) in [6.07, 6.45) is 2.72. The average molecular weight is 330 g/mol. The molecule has 0 unspecified atom stereocenters. The number of likely N-dealkylation sites (N-methyl/N-ethyl adjacent to an activating group) is 1. The predicted octanol–water partition coefficient (Wildman–Crippen LogP) is 2.45. The average Bonchev–Trinajstić information content (AvgIpc) is 2.37. The molecule has 0 fully saturated rings. The van der Waals surface area contributed by atoms with Gasteiger partial charge in [-0.2, -0.15) is 0 Å². The smallest absolute Gasteiger partial charge is 0.148 e. The fourth-order valence-electron chi connectivity index (χ4n) is 1.79. The number of halogens is 1. The van der Waals surface area contributed by atoms with Crippen molar-refractivity contribution in [1.82, 2.24) is 14.9 Å². The molecule has 19 heavy (non-hydrogen) atoms. The molecule has 6 heteroatoms. The van der Waals surface area contributed by atoms with Crippen molar-refractivity contribution in [1.29, 1.82) is 0 Å². The van der Waals surface area contributed by atoms with Gasteiger partial charge in [0.15, 0.2) is 0 Å². The number of nitrogens with zero attached hydrogens (tertiary/aromatic N) is 4. The van der Waals surface area contributed by atoms with Crippen molar-refractivity contribution in [3.8, 4) is 0 Å². The molecule has 5 nitrogen and oxygen atoms in total. The van der Waals surface area contributed by atoms with Gasteiger partial charge in [0.05, 0.1) is 0 Å². The molecule has 0 saturated heterocycles. The number of hydrogen-bond acceptors (Lipinski definition) is 5. The quantitative estimate of drug-likeness (QED) is 0.793. The van der Waals surface area contributed by atoms with Crippen LogP contribution in [0.25, 0.3) is 0 Å². The van der Waals surface area contributed by atoms with E-state index in [9.17, 15) is 0 Å². The van der Waals surface area contributed by atoms with Crippen LogP contribution in [0.5, 0.6) is 0 Å². The number of aromatic nitrogens is 2. The molecule has 0 amide bonds. The molecule has 0 atom stereocenters. The Balaban J connectivity index is 2.91. The highest BCUT2D eigenvalue weighted by Crippen LogP contribution is 2.29. The first-order chi connectivity index (χ1) is 9.10. The largest absolute Gasteiger partial charge is 0.369 e. The Morgan fingerprint density at radius 1 is 1.16 bits per heavy atom. The van der Waals surface area contributed by atoms with Gasteiger partial charge in [0.1, 0.15) is 22.4 Å². The maximum atomic E-state index is 4.43. The molecule has 1 rings (SSSR count). The summed E-state index contributed by atoms with van der Waals surface area (Å²) < 4.78 is 0.948. The van der Waals surface area contributed by atoms with Gasteiger partial charge >= 0.3 is 0 Å². The number of rotatable bonds is 8. The summed E-state index contributed by atoms with van der Waals surface area (Å²) in [6.45, 7) is 8.05. The van der Waals surface area contributed by atoms with E-state index in [1.165, 1.54) is 0 Å². The lowest BCUT2D eigenvalue weighted by atomic mass is 10.3. The number of hydrogen-bond donors (Lipinski definition) is 1. The van der Waals surface area contributed by atoms with E-state index < -0.39 is 0 Å². The highest BCUT2D eigenvalue weighted by atomic mass is 79.9. The van der Waals surface area contributed by atoms with Crippen LogP contribution in [0.4, 0.5) is 11.6 Å². The summed E-state index contributed by atoms with van der Waals surface area (Å²) in [5.41, 5.74) is 0. The van der Waals surface area contributed by atoms with Crippen LogP contribution in [0, 0.1) is 0 Å². The zero-order valence-corrected chi connectivity index (χ0v) is 13.9. The first kappa shape index (κ1) is 16.2. The van der Waals surface area contributed by atoms with Crippen LogP contribution in [-0.4, -0.2) is 55.1 Å². The van der Waals surface area contributed by atoms with Crippen molar-refractivity contribution in [3.63, 3.8) is 0 Å². The first-order valence-electron chi connectivity index (χ1n) is 6.74. The van der Waals surface area contributed by atoms with Gasteiger partial charge in [0.2, 0.25) is 0 Å². The molecule has 0 aliphatic rings. The maximum Gasteiger partial charge on any atom is 0.148 e. The second-order valence-corrected chi connectivity index (χ2v) is 5.47. The van der Waals surface area contributed by atoms with Gasteiger partial charge in [-0.25, -0.2) is 9.97 Å². The molecule has 0 aliphatic heterocycles. The van der Waals surface area contributed by atoms with Crippen LogP contribution in [0.3, 0.4) is 0 Å². The molecule has 1 aromatic heterocycles. The molecule has 108 valence electrons. The molecule has 0 aliphatic carbocycles. The third-order valence-electron chi connectivity index (χ3n) is 2.73. The Kier molecular flexibility index (Phi) is 7.09. The lowest BCUT2D eigenvalue weighted by Gasteiger charge is -2.26. The van der Waals surface area contributed by atoms with Gasteiger partial charge in [-0.3, -0.25) is 0 Å². The van der Waals surface area contributed by atoms with E-state index in [2.05, 4.69) is 69.0 Å². The van der Waals surface area contributed by atoms with Crippen molar-refractivity contribution >= 4 is 27.6 Å². The summed E-state index contributed by atoms with van der Waals surface area (Å²) in [7, 11) is 4.17. The Morgan fingerprint density at radius 2 is 1.89 bits per heavy atom. The molecule has 1 heterocycles. The van der Waals surface area contributed by atoms with Crippen molar-refractivity contribution in [2.24, 2.45) is 0 Å². The van der Waals surface area contributed by atoms with Crippen LogP contribution in [0.1, 0.15) is 20.3 Å². The first-order valence-corrected chi connectivity index (χ1v) is 7.53. The summed E-state index contributed by atoms with van der Waals surface area (Å²) in [6, 6.07) is 0. The molecular weight excluding hydrogens is 306 g/mol. The van der Waals surface area contributed by atoms with Crippen LogP contribution >= 0.6 is 15.9 Å². The van der Waals surface area contributed by atoms with Crippen molar-refractivity contribution in [2.45, 2.75) is 20.3 Å². The SMILES string of the molecule is CCCN(CCN(C)C)c1ncnc(NCC)c1Br. The predicted molar refractivity (Wildman–Crippen MR) is 85.0 cm³/mol. The minimum absolute atomic E-state index is 0.848. The molecule has 0 spiro atoms. The zero-order chi connectivity index (χ0) is 14.3. The molecular formula is C13H24BrN5. The van der Waals surface area contributed by atoms with Crippen LogP contribution in [0.15, 0.2) is 10.8 Å². The zero-order valence-electron chi connectivity index (χ0n) is 12.3. The number of anilines is 2. The lowest BCUT2D eigenvalue weighted by molar-refractivity contribution is 0.412. The minimum atomic E-state index is 0.848. The van der Waals surface area contributed by atoms with Crippen LogP contribution in [0.2, 0.25) is 0 Å². The summed E-state index contributed by atoms with van der Waals surface area (Å²) >= 11 is 3.62. The Labute approximate surface area is 124 Å². The molecule has 0 saturated carbocycles. The minimum Gasteiger partial charge on any atom is -0.369 e. The molecule has 0 radical (unpaired) electrons. The monoisotopic (exact) mass is 329 g/mol. The molecule has 1 aromatic rings. The standard InChI is InChI=1S/C13H24BrN5/c1-5-7-19(9-8-18(3)4)13-11(14)12(15-6-2)16-10-17-13/h10H,5-9H2,1-4H3,(H,15,16,17). The third-order valence-corrected chi connectivity index (χ3v) is 3.46. The Hall–Kier alpha value is -0.880. The van der Waals surface area contributed by atoms with Crippen LogP contribution in [-0.2, 0) is 0 Å². The normalized spacial score (nSPS) is 10.8. The molecule has 0 aromatic carbocycles. The van der Waals surface area contributed by atoms with Crippen molar-refractivity contribution in [3.05, 3.63) is 10.8 Å². The van der Waals surface area contributed by atoms with Crippen molar-refractivity contribution in [2.75, 3.05) is 50.5 Å². The second kappa shape index (κ2) is 8.32. The van der Waals surface area contributed by atoms with Gasteiger partial charge in [-0.05, 0) is 43.4 Å². The third kappa shape index (κ3) is 4.95. The fourth-order valence-corrected chi connectivity index (χ4v) is 2.38. The van der Waals surface area contributed by atoms with E-state index in [4.69, 9.17) is 0 Å². The number of nitrogens with one attached hydrogen (secondary N) is 1. The second-order valence-electron chi connectivity index (χ2n) is 4.68. The highest BCUT2D eigenvalue weighted by molar-refractivity contribution is 9.10. The van der Waals surface area contributed by atoms with E-state index in [1.54, 1.807) is 6.33 Å². The Morgan fingerprint density at radius 3 is 2.47 bits per heavy atom. The van der Waals surface area contributed by atoms with Crippen LogP contribution < -0.4 is 10.2 Å². The fraction of sp³-hybridized carbons (Fsp3) is 0.692. The summed E-state index contributed by atoms with van der Waals surface area (Å²) in [4.78, 5) is 13.2. The van der Waals surface area contributed by atoms with Gasteiger partial charge in [0.25, 0.3) is 0 Å². The summed E-state index contributed by atoms with van der Waals surface area (Å²) in [5.74, 6) is 1.83. The van der Waals surface area contributed by atoms with E-state index in [0.717, 1.165) is 48.7 Å². The van der Waals surface area contributed by atoms with Gasteiger partial charge < -0.3 is 15.1 Å². The lowest BCUT2D eigenvalue weighted by Crippen LogP contribution is -2.33. The maximum absolute atomic E-state index is 4.43. The van der Waals surface area contributed by atoms with E-state index in [-0.39, 0.29) is 0 Å². The van der Waals surface area contributed by atoms with Crippen molar-refractivity contribution < 1.29 is 0 Å². The Bertz CT molecular complexity index is 383. The molecule has 1 N–H and O–H groups in total. The van der Waals surface area contributed by atoms with E-state index in [1.807, 2.05) is 0 Å². The van der Waals surface area contributed by atoms with Gasteiger partial charge in [-0.1, -0.05) is 6.92 Å². The summed E-state index contributed by atoms with van der Waals surface area (Å²) in [5, 5.41) is 3.24. The van der Waals surface area contributed by atoms with Gasteiger partial charge in [0, 0.05) is 26.2 Å². The van der Waals surface area contributed by atoms with E-state index in [0.29, 0.717) is 0 Å². The highest BCUT2D eigenvalue weighted by Gasteiger charge is 2.14. The topological polar surface area (TPSA) is 44.3 Å². The molecule has 0 bridgehead atoms.